The topological polar surface area (TPSA) is 38.7 Å². The minimum Gasteiger partial charge on any atom is -0.508 e. The number of rotatable bonds is 16. The minimum absolute atomic E-state index is 0.160. The number of ether oxygens (including phenoxy) is 2. The van der Waals surface area contributed by atoms with Gasteiger partial charge >= 0.3 is 0 Å². The van der Waals surface area contributed by atoms with Gasteiger partial charge in [0.05, 0.1) is 6.61 Å². The smallest absolute Gasteiger partial charge is 0.196 e. The molecule has 1 saturated carbocycles. The van der Waals surface area contributed by atoms with Crippen LogP contribution in [-0.2, 0) is 4.74 Å². The lowest BCUT2D eigenvalue weighted by Crippen LogP contribution is -2.27. The summed E-state index contributed by atoms with van der Waals surface area (Å²) in [6.07, 6.45) is 11.3. The number of benzene rings is 2. The van der Waals surface area contributed by atoms with Crippen LogP contribution in [-0.4, -0.2) is 18.0 Å². The molecule has 2 aromatic rings. The van der Waals surface area contributed by atoms with Gasteiger partial charge in [0.25, 0.3) is 0 Å². The van der Waals surface area contributed by atoms with Crippen molar-refractivity contribution >= 4 is 0 Å². The molecule has 2 aromatic carbocycles. The van der Waals surface area contributed by atoms with E-state index < -0.39 is 0 Å². The molecule has 0 radical (unpaired) electrons. The summed E-state index contributed by atoms with van der Waals surface area (Å²) in [6, 6.07) is 16.7. The quantitative estimate of drug-likeness (QED) is 0.206. The molecule has 1 aliphatic carbocycles. The maximum absolute atomic E-state index is 9.85. The van der Waals surface area contributed by atoms with Gasteiger partial charge in [0.15, 0.2) is 6.29 Å². The fourth-order valence-electron chi connectivity index (χ4n) is 7.33. The molecule has 41 heavy (non-hydrogen) atoms. The molecule has 4 unspecified atom stereocenters. The Morgan fingerprint density at radius 2 is 1.41 bits per heavy atom. The molecule has 1 N–H and O–H groups in total. The molecule has 0 saturated heterocycles. The van der Waals surface area contributed by atoms with E-state index in [2.05, 4.69) is 84.9 Å². The summed E-state index contributed by atoms with van der Waals surface area (Å²) in [5, 5.41) is 9.85. The Bertz CT molecular complexity index is 985. The first-order valence-electron chi connectivity index (χ1n) is 16.6. The highest BCUT2D eigenvalue weighted by Gasteiger charge is 2.33. The van der Waals surface area contributed by atoms with Gasteiger partial charge in [-0.3, -0.25) is 0 Å². The fraction of sp³-hybridized carbons (Fsp3) is 0.684. The zero-order chi connectivity index (χ0) is 30.0. The first-order chi connectivity index (χ1) is 19.4. The lowest BCUT2D eigenvalue weighted by Gasteiger charge is -2.39. The Hall–Kier alpha value is -2.00. The third kappa shape index (κ3) is 11.0. The fourth-order valence-corrected chi connectivity index (χ4v) is 7.33. The molecule has 0 amide bonds. The van der Waals surface area contributed by atoms with E-state index in [1.165, 1.54) is 56.1 Å². The van der Waals surface area contributed by atoms with Crippen LogP contribution in [0.25, 0.3) is 0 Å². The van der Waals surface area contributed by atoms with Crippen LogP contribution in [0.5, 0.6) is 11.5 Å². The van der Waals surface area contributed by atoms with Crippen LogP contribution < -0.4 is 4.74 Å². The number of aromatic hydroxyl groups is 1. The van der Waals surface area contributed by atoms with E-state index in [1.54, 1.807) is 0 Å². The van der Waals surface area contributed by atoms with E-state index in [4.69, 9.17) is 9.47 Å². The molecular formula is C38H60O3. The van der Waals surface area contributed by atoms with Crippen molar-refractivity contribution < 1.29 is 14.6 Å². The Morgan fingerprint density at radius 3 is 2.00 bits per heavy atom. The summed E-state index contributed by atoms with van der Waals surface area (Å²) < 4.78 is 12.1. The molecule has 4 atom stereocenters. The Labute approximate surface area is 252 Å². The van der Waals surface area contributed by atoms with Gasteiger partial charge in [-0.2, -0.15) is 0 Å². The molecule has 0 heterocycles. The highest BCUT2D eigenvalue weighted by atomic mass is 16.7. The molecule has 0 aliphatic heterocycles. The van der Waals surface area contributed by atoms with Crippen LogP contribution in [0.2, 0.25) is 0 Å². The molecule has 3 heteroatoms. The van der Waals surface area contributed by atoms with Gasteiger partial charge in [0.1, 0.15) is 11.5 Å². The number of phenols is 1. The van der Waals surface area contributed by atoms with E-state index in [0.717, 1.165) is 31.1 Å². The van der Waals surface area contributed by atoms with Crippen molar-refractivity contribution in [1.29, 1.82) is 0 Å². The van der Waals surface area contributed by atoms with E-state index in [1.807, 2.05) is 19.1 Å². The molecular weight excluding hydrogens is 504 g/mol. The normalized spacial score (nSPS) is 17.9. The van der Waals surface area contributed by atoms with Crippen LogP contribution in [0, 0.1) is 29.1 Å². The number of hydrogen-bond acceptors (Lipinski definition) is 3. The highest BCUT2D eigenvalue weighted by molar-refractivity contribution is 5.31. The maximum Gasteiger partial charge on any atom is 0.196 e. The second-order valence-corrected chi connectivity index (χ2v) is 14.6. The molecule has 0 aromatic heterocycles. The van der Waals surface area contributed by atoms with E-state index in [-0.39, 0.29) is 11.7 Å². The zero-order valence-corrected chi connectivity index (χ0v) is 27.5. The predicted molar refractivity (Wildman–Crippen MR) is 174 cm³/mol. The Kier molecular flexibility index (Phi) is 13.1. The third-order valence-electron chi connectivity index (χ3n) is 9.50. The summed E-state index contributed by atoms with van der Waals surface area (Å²) in [6.45, 7) is 19.5. The van der Waals surface area contributed by atoms with Gasteiger partial charge in [-0.25, -0.2) is 0 Å². The van der Waals surface area contributed by atoms with Gasteiger partial charge in [0, 0.05) is 0 Å². The Morgan fingerprint density at radius 1 is 0.805 bits per heavy atom. The summed E-state index contributed by atoms with van der Waals surface area (Å²) in [4.78, 5) is 0. The monoisotopic (exact) mass is 564 g/mol. The molecule has 0 spiro atoms. The first kappa shape index (κ1) is 33.5. The second kappa shape index (κ2) is 16.0. The van der Waals surface area contributed by atoms with Crippen molar-refractivity contribution in [3.63, 3.8) is 0 Å². The molecule has 230 valence electrons. The molecule has 0 bridgehead atoms. The maximum atomic E-state index is 9.85. The van der Waals surface area contributed by atoms with Crippen molar-refractivity contribution in [2.24, 2.45) is 29.1 Å². The van der Waals surface area contributed by atoms with Crippen LogP contribution in [0.1, 0.15) is 136 Å². The van der Waals surface area contributed by atoms with E-state index >= 15 is 0 Å². The van der Waals surface area contributed by atoms with Crippen LogP contribution in [0.4, 0.5) is 0 Å². The van der Waals surface area contributed by atoms with Gasteiger partial charge in [-0.1, -0.05) is 105 Å². The van der Waals surface area contributed by atoms with Crippen LogP contribution in [0.15, 0.2) is 48.5 Å². The lowest BCUT2D eigenvalue weighted by atomic mass is 9.66. The zero-order valence-electron chi connectivity index (χ0n) is 27.5. The van der Waals surface area contributed by atoms with Crippen molar-refractivity contribution in [2.75, 3.05) is 6.61 Å². The molecule has 3 nitrogen and oxygen atoms in total. The standard InChI is InChI=1S/C38H60O3/c1-27(2)24-37(33-14-18-34(39)19-15-33)38(7,8)26-29(5)25-36(28(3)4)32-16-20-35(21-17-32)41-30(6)40-23-22-31-12-10-9-11-13-31/h14-21,27-31,36-37,39H,9-13,22-26H2,1-8H3. The van der Waals surface area contributed by atoms with E-state index in [9.17, 15) is 5.11 Å². The third-order valence-corrected chi connectivity index (χ3v) is 9.50. The van der Waals surface area contributed by atoms with Gasteiger partial charge in [-0.05, 0) is 109 Å². The average molecular weight is 565 g/mol. The summed E-state index contributed by atoms with van der Waals surface area (Å²) in [5.41, 5.74) is 2.91. The summed E-state index contributed by atoms with van der Waals surface area (Å²) in [7, 11) is 0. The summed E-state index contributed by atoms with van der Waals surface area (Å²) in [5.74, 6) is 4.83. The second-order valence-electron chi connectivity index (χ2n) is 14.6. The molecule has 3 rings (SSSR count). The minimum atomic E-state index is -0.222. The van der Waals surface area contributed by atoms with Crippen molar-refractivity contribution in [3.8, 4) is 11.5 Å². The number of phenolic OH excluding ortho intramolecular Hbond substituents is 1. The molecule has 1 aliphatic rings. The van der Waals surface area contributed by atoms with Crippen molar-refractivity contribution in [3.05, 3.63) is 59.7 Å². The SMILES string of the molecule is CC(C)CC(c1ccc(O)cc1)C(C)(C)CC(C)CC(c1ccc(OC(C)OCCC2CCCCC2)cc1)C(C)C. The summed E-state index contributed by atoms with van der Waals surface area (Å²) >= 11 is 0. The van der Waals surface area contributed by atoms with Crippen molar-refractivity contribution in [2.45, 2.75) is 131 Å². The first-order valence-corrected chi connectivity index (χ1v) is 16.6. The average Bonchev–Trinajstić information content (AvgIpc) is 2.91. The largest absolute Gasteiger partial charge is 0.508 e. The van der Waals surface area contributed by atoms with Gasteiger partial charge in [-0.15, -0.1) is 0 Å². The predicted octanol–water partition coefficient (Wildman–Crippen LogP) is 11.1. The van der Waals surface area contributed by atoms with E-state index in [0.29, 0.717) is 35.3 Å². The highest BCUT2D eigenvalue weighted by Crippen LogP contribution is 2.46. The van der Waals surface area contributed by atoms with Gasteiger partial charge in [0.2, 0.25) is 0 Å². The van der Waals surface area contributed by atoms with Gasteiger partial charge < -0.3 is 14.6 Å². The molecule has 1 fully saturated rings. The van der Waals surface area contributed by atoms with Crippen molar-refractivity contribution in [1.82, 2.24) is 0 Å². The van der Waals surface area contributed by atoms with Crippen LogP contribution in [0.3, 0.4) is 0 Å². The number of hydrogen-bond donors (Lipinski definition) is 1. The Balaban J connectivity index is 1.57. The van der Waals surface area contributed by atoms with Crippen LogP contribution >= 0.6 is 0 Å². The lowest BCUT2D eigenvalue weighted by molar-refractivity contribution is -0.0711.